The van der Waals surface area contributed by atoms with E-state index >= 15 is 0 Å². The second kappa shape index (κ2) is 4.94. The van der Waals surface area contributed by atoms with Crippen LogP contribution < -0.4 is 11.1 Å². The zero-order chi connectivity index (χ0) is 12.3. The van der Waals surface area contributed by atoms with Crippen molar-refractivity contribution in [2.24, 2.45) is 5.73 Å². The van der Waals surface area contributed by atoms with Crippen LogP contribution in [0.1, 0.15) is 25.5 Å². The maximum Gasteiger partial charge on any atom is 0.239 e. The first-order valence-corrected chi connectivity index (χ1v) is 4.95. The van der Waals surface area contributed by atoms with Gasteiger partial charge in [-0.2, -0.15) is 0 Å². The van der Waals surface area contributed by atoms with E-state index in [0.29, 0.717) is 0 Å². The lowest BCUT2D eigenvalue weighted by Crippen LogP contribution is -2.37. The molecule has 0 radical (unpaired) electrons. The van der Waals surface area contributed by atoms with Crippen LogP contribution in [0.25, 0.3) is 0 Å². The largest absolute Gasteiger partial charge is 0.508 e. The number of phenols is 1. The van der Waals surface area contributed by atoms with Gasteiger partial charge >= 0.3 is 0 Å². The van der Waals surface area contributed by atoms with Crippen molar-refractivity contribution in [3.8, 4) is 5.75 Å². The predicted octanol–water partition coefficient (Wildman–Crippen LogP) is 1.06. The van der Waals surface area contributed by atoms with E-state index in [0.717, 1.165) is 12.1 Å². The van der Waals surface area contributed by atoms with Crippen LogP contribution in [0.4, 0.5) is 4.39 Å². The van der Waals surface area contributed by atoms with Gasteiger partial charge in [-0.05, 0) is 32.0 Å². The minimum atomic E-state index is -0.893. The Hall–Kier alpha value is -1.62. The fourth-order valence-electron chi connectivity index (χ4n) is 1.42. The second-order valence-electron chi connectivity index (χ2n) is 3.86. The van der Waals surface area contributed by atoms with Crippen molar-refractivity contribution >= 4 is 5.91 Å². The van der Waals surface area contributed by atoms with Crippen molar-refractivity contribution in [1.29, 1.82) is 0 Å². The van der Waals surface area contributed by atoms with E-state index in [4.69, 9.17) is 5.73 Å². The number of carbonyl (C=O) groups excluding carboxylic acids is 1. The average Bonchev–Trinajstić information content (AvgIpc) is 2.18. The number of benzene rings is 1. The number of hydrogen-bond donors (Lipinski definition) is 3. The number of aromatic hydroxyl groups is 1. The molecule has 0 saturated heterocycles. The molecule has 4 N–H and O–H groups in total. The Morgan fingerprint density at radius 3 is 2.62 bits per heavy atom. The van der Waals surface area contributed by atoms with Gasteiger partial charge in [-0.25, -0.2) is 4.39 Å². The van der Waals surface area contributed by atoms with Crippen LogP contribution >= 0.6 is 0 Å². The van der Waals surface area contributed by atoms with Crippen molar-refractivity contribution in [3.05, 3.63) is 29.6 Å². The highest BCUT2D eigenvalue weighted by molar-refractivity contribution is 5.82. The molecule has 0 aliphatic carbocycles. The predicted molar refractivity (Wildman–Crippen MR) is 58.3 cm³/mol. The molecule has 1 aromatic rings. The zero-order valence-corrected chi connectivity index (χ0v) is 9.20. The highest BCUT2D eigenvalue weighted by Crippen LogP contribution is 2.25. The molecular formula is C11H15FN2O2. The molecule has 1 rings (SSSR count). The van der Waals surface area contributed by atoms with E-state index < -0.39 is 17.8 Å². The molecule has 1 unspecified atom stereocenters. The Kier molecular flexibility index (Phi) is 3.84. The monoisotopic (exact) mass is 226 g/mol. The second-order valence-corrected chi connectivity index (χ2v) is 3.86. The molecule has 0 spiro atoms. The number of primary amides is 1. The lowest BCUT2D eigenvalue weighted by molar-refractivity contribution is -0.120. The fraction of sp³-hybridized carbons (Fsp3) is 0.364. The summed E-state index contributed by atoms with van der Waals surface area (Å²) in [6.07, 6.45) is 0. The first kappa shape index (κ1) is 12.4. The van der Waals surface area contributed by atoms with Crippen LogP contribution in [0.5, 0.6) is 5.75 Å². The van der Waals surface area contributed by atoms with Crippen LogP contribution in [0.3, 0.4) is 0 Å². The number of phenolic OH excluding ortho intramolecular Hbond substituents is 1. The van der Waals surface area contributed by atoms with Crippen LogP contribution in [0.15, 0.2) is 18.2 Å². The summed E-state index contributed by atoms with van der Waals surface area (Å²) in [6.45, 7) is 3.65. The van der Waals surface area contributed by atoms with Gasteiger partial charge in [0, 0.05) is 11.6 Å². The molecule has 0 fully saturated rings. The third kappa shape index (κ3) is 2.93. The van der Waals surface area contributed by atoms with Gasteiger partial charge in [-0.3, -0.25) is 10.1 Å². The molecule has 1 aromatic carbocycles. The fourth-order valence-corrected chi connectivity index (χ4v) is 1.42. The van der Waals surface area contributed by atoms with E-state index in [9.17, 15) is 14.3 Å². The van der Waals surface area contributed by atoms with E-state index in [2.05, 4.69) is 5.32 Å². The summed E-state index contributed by atoms with van der Waals surface area (Å²) < 4.78 is 13.0. The number of halogens is 1. The summed E-state index contributed by atoms with van der Waals surface area (Å²) in [6, 6.07) is 2.51. The molecule has 1 atom stereocenters. The number of amides is 1. The third-order valence-corrected chi connectivity index (χ3v) is 2.09. The van der Waals surface area contributed by atoms with E-state index in [1.807, 2.05) is 13.8 Å². The van der Waals surface area contributed by atoms with Crippen LogP contribution in [-0.2, 0) is 4.79 Å². The highest BCUT2D eigenvalue weighted by atomic mass is 19.1. The van der Waals surface area contributed by atoms with Crippen LogP contribution in [-0.4, -0.2) is 17.1 Å². The van der Waals surface area contributed by atoms with Gasteiger partial charge < -0.3 is 10.8 Å². The molecule has 0 heterocycles. The van der Waals surface area contributed by atoms with Gasteiger partial charge in [-0.15, -0.1) is 0 Å². The minimum absolute atomic E-state index is 0.0137. The molecule has 88 valence electrons. The third-order valence-electron chi connectivity index (χ3n) is 2.09. The lowest BCUT2D eigenvalue weighted by Gasteiger charge is -2.19. The van der Waals surface area contributed by atoms with Gasteiger partial charge in [0.15, 0.2) is 0 Å². The van der Waals surface area contributed by atoms with E-state index in [-0.39, 0.29) is 17.4 Å². The molecule has 0 aliphatic rings. The number of nitrogens with two attached hydrogens (primary N) is 1. The minimum Gasteiger partial charge on any atom is -0.508 e. The lowest BCUT2D eigenvalue weighted by atomic mass is 10.0. The topological polar surface area (TPSA) is 75.3 Å². The summed E-state index contributed by atoms with van der Waals surface area (Å²) in [5.41, 5.74) is 5.35. The molecule has 0 bridgehead atoms. The van der Waals surface area contributed by atoms with Crippen molar-refractivity contribution < 1.29 is 14.3 Å². The molecule has 0 saturated carbocycles. The van der Waals surface area contributed by atoms with Crippen molar-refractivity contribution in [2.75, 3.05) is 0 Å². The molecule has 0 aliphatic heterocycles. The Bertz CT molecular complexity index is 394. The molecular weight excluding hydrogens is 211 g/mol. The van der Waals surface area contributed by atoms with E-state index in [1.54, 1.807) is 0 Å². The molecule has 5 heteroatoms. The summed E-state index contributed by atoms with van der Waals surface area (Å²) in [4.78, 5) is 11.2. The summed E-state index contributed by atoms with van der Waals surface area (Å²) >= 11 is 0. The quantitative estimate of drug-likeness (QED) is 0.718. The Morgan fingerprint density at radius 1 is 1.50 bits per heavy atom. The molecule has 4 nitrogen and oxygen atoms in total. The summed E-state index contributed by atoms with van der Waals surface area (Å²) in [7, 11) is 0. The summed E-state index contributed by atoms with van der Waals surface area (Å²) in [5.74, 6) is -1.34. The van der Waals surface area contributed by atoms with E-state index in [1.165, 1.54) is 6.07 Å². The first-order chi connectivity index (χ1) is 7.41. The Balaban J connectivity index is 3.10. The highest BCUT2D eigenvalue weighted by Gasteiger charge is 2.22. The molecule has 0 aromatic heterocycles. The Morgan fingerprint density at radius 2 is 2.12 bits per heavy atom. The SMILES string of the molecule is CC(C)NC(C(N)=O)c1cc(F)ccc1O. The van der Waals surface area contributed by atoms with Crippen molar-refractivity contribution in [3.63, 3.8) is 0 Å². The number of rotatable bonds is 4. The van der Waals surface area contributed by atoms with Gasteiger partial charge in [0.2, 0.25) is 5.91 Å². The maximum absolute atomic E-state index is 13.0. The van der Waals surface area contributed by atoms with Gasteiger partial charge in [0.25, 0.3) is 0 Å². The van der Waals surface area contributed by atoms with Gasteiger partial charge in [-0.1, -0.05) is 0 Å². The number of carbonyl (C=O) groups is 1. The first-order valence-electron chi connectivity index (χ1n) is 4.95. The standard InChI is InChI=1S/C11H15FN2O2/c1-6(2)14-10(11(13)16)8-5-7(12)3-4-9(8)15/h3-6,10,14-15H,1-2H3,(H2,13,16). The van der Waals surface area contributed by atoms with Crippen molar-refractivity contribution in [1.82, 2.24) is 5.32 Å². The smallest absolute Gasteiger partial charge is 0.239 e. The van der Waals surface area contributed by atoms with Gasteiger partial charge in [0.1, 0.15) is 17.6 Å². The summed E-state index contributed by atoms with van der Waals surface area (Å²) in [5, 5.41) is 12.4. The van der Waals surface area contributed by atoms with Crippen LogP contribution in [0, 0.1) is 5.82 Å². The maximum atomic E-state index is 13.0. The number of hydrogen-bond acceptors (Lipinski definition) is 3. The normalized spacial score (nSPS) is 12.8. The average molecular weight is 226 g/mol. The zero-order valence-electron chi connectivity index (χ0n) is 9.20. The Labute approximate surface area is 93.3 Å². The van der Waals surface area contributed by atoms with Crippen LogP contribution in [0.2, 0.25) is 0 Å². The molecule has 16 heavy (non-hydrogen) atoms. The van der Waals surface area contributed by atoms with Gasteiger partial charge in [0.05, 0.1) is 0 Å². The number of nitrogens with one attached hydrogen (secondary N) is 1. The molecule has 1 amide bonds. The van der Waals surface area contributed by atoms with Crippen molar-refractivity contribution in [2.45, 2.75) is 25.9 Å².